The van der Waals surface area contributed by atoms with Gasteiger partial charge in [-0.25, -0.2) is 4.98 Å². The van der Waals surface area contributed by atoms with Gasteiger partial charge in [-0.05, 0) is 37.6 Å². The van der Waals surface area contributed by atoms with Gasteiger partial charge < -0.3 is 9.64 Å². The lowest BCUT2D eigenvalue weighted by Gasteiger charge is -2.31. The first-order valence-corrected chi connectivity index (χ1v) is 10.4. The lowest BCUT2D eigenvalue weighted by Crippen LogP contribution is -2.40. The average molecular weight is 408 g/mol. The van der Waals surface area contributed by atoms with Crippen LogP contribution in [0.1, 0.15) is 46.0 Å². The Kier molecular flexibility index (Phi) is 6.55. The molecule has 6 nitrogen and oxygen atoms in total. The minimum absolute atomic E-state index is 0.0401. The first-order chi connectivity index (χ1) is 14.4. The number of benzene rings is 2. The average Bonchev–Trinajstić information content (AvgIpc) is 2.76. The van der Waals surface area contributed by atoms with Crippen LogP contribution in [0, 0.1) is 5.92 Å². The highest BCUT2D eigenvalue weighted by Crippen LogP contribution is 2.28. The van der Waals surface area contributed by atoms with Crippen molar-refractivity contribution < 1.29 is 9.53 Å². The summed E-state index contributed by atoms with van der Waals surface area (Å²) in [6.07, 6.45) is 0.815. The van der Waals surface area contributed by atoms with Crippen LogP contribution < -0.4 is 10.3 Å². The molecule has 2 aromatic carbocycles. The highest BCUT2D eigenvalue weighted by atomic mass is 16.5. The smallest absolute Gasteiger partial charge is 0.266 e. The summed E-state index contributed by atoms with van der Waals surface area (Å²) in [5.41, 5.74) is 1.04. The van der Waals surface area contributed by atoms with Crippen molar-refractivity contribution >= 4 is 16.8 Å². The Hall–Kier alpha value is -3.15. The molecule has 0 aliphatic carbocycles. The van der Waals surface area contributed by atoms with Crippen LogP contribution in [0.25, 0.3) is 16.6 Å². The van der Waals surface area contributed by atoms with Gasteiger partial charge >= 0.3 is 0 Å². The Morgan fingerprint density at radius 2 is 1.77 bits per heavy atom. The Bertz CT molecular complexity index is 1100. The van der Waals surface area contributed by atoms with E-state index in [0.29, 0.717) is 34.7 Å². The normalized spacial score (nSPS) is 12.2. The second kappa shape index (κ2) is 9.11. The number of methoxy groups -OCH3 is 1. The second-order valence-electron chi connectivity index (χ2n) is 7.66. The predicted molar refractivity (Wildman–Crippen MR) is 119 cm³/mol. The minimum Gasteiger partial charge on any atom is -0.495 e. The van der Waals surface area contributed by atoms with E-state index in [1.807, 2.05) is 75.1 Å². The van der Waals surface area contributed by atoms with Crippen LogP contribution in [0.5, 0.6) is 5.75 Å². The lowest BCUT2D eigenvalue weighted by molar-refractivity contribution is -0.136. The lowest BCUT2D eigenvalue weighted by atomic mass is 10.1. The van der Waals surface area contributed by atoms with Crippen LogP contribution in [0.2, 0.25) is 0 Å². The van der Waals surface area contributed by atoms with E-state index in [0.717, 1.165) is 6.42 Å². The zero-order chi connectivity index (χ0) is 21.8. The molecule has 3 aromatic rings. The topological polar surface area (TPSA) is 64.4 Å². The summed E-state index contributed by atoms with van der Waals surface area (Å²) in [7, 11) is 1.58. The monoisotopic (exact) mass is 407 g/mol. The number of para-hydroxylation sites is 3. The van der Waals surface area contributed by atoms with Crippen molar-refractivity contribution in [3.05, 3.63) is 64.7 Å². The van der Waals surface area contributed by atoms with Crippen LogP contribution in [-0.4, -0.2) is 34.0 Å². The molecule has 0 bridgehead atoms. The van der Waals surface area contributed by atoms with E-state index < -0.39 is 0 Å². The van der Waals surface area contributed by atoms with E-state index in [1.54, 1.807) is 17.7 Å². The van der Waals surface area contributed by atoms with Crippen LogP contribution in [0.15, 0.2) is 53.3 Å². The molecule has 1 atom stereocenters. The Morgan fingerprint density at radius 3 is 2.43 bits per heavy atom. The zero-order valence-electron chi connectivity index (χ0n) is 18.3. The quantitative estimate of drug-likeness (QED) is 0.584. The molecular weight excluding hydrogens is 378 g/mol. The van der Waals surface area contributed by atoms with Gasteiger partial charge in [0.05, 0.1) is 29.7 Å². The highest BCUT2D eigenvalue weighted by molar-refractivity contribution is 5.80. The van der Waals surface area contributed by atoms with Gasteiger partial charge in [-0.1, -0.05) is 45.0 Å². The summed E-state index contributed by atoms with van der Waals surface area (Å²) in [5, 5.41) is 0.525. The van der Waals surface area contributed by atoms with Gasteiger partial charge in [-0.15, -0.1) is 0 Å². The van der Waals surface area contributed by atoms with Gasteiger partial charge in [0, 0.05) is 12.5 Å². The molecule has 0 saturated heterocycles. The summed E-state index contributed by atoms with van der Waals surface area (Å²) in [5.74, 6) is 0.984. The number of fused-ring (bicyclic) bond motifs is 1. The summed E-state index contributed by atoms with van der Waals surface area (Å²) in [6.45, 7) is 8.33. The van der Waals surface area contributed by atoms with Crippen LogP contribution in [0.3, 0.4) is 0 Å². The van der Waals surface area contributed by atoms with Gasteiger partial charge in [-0.2, -0.15) is 0 Å². The van der Waals surface area contributed by atoms with Gasteiger partial charge in [0.15, 0.2) is 0 Å². The number of carbonyl (C=O) groups excluding carboxylic acids is 1. The van der Waals surface area contributed by atoms with Crippen molar-refractivity contribution in [1.82, 2.24) is 14.5 Å². The molecule has 1 heterocycles. The molecule has 6 heteroatoms. The molecule has 1 unspecified atom stereocenters. The van der Waals surface area contributed by atoms with Crippen molar-refractivity contribution in [3.63, 3.8) is 0 Å². The predicted octanol–water partition coefficient (Wildman–Crippen LogP) is 4.35. The third-order valence-electron chi connectivity index (χ3n) is 5.21. The molecule has 1 aromatic heterocycles. The van der Waals surface area contributed by atoms with Crippen LogP contribution >= 0.6 is 0 Å². The molecule has 0 aliphatic heterocycles. The second-order valence-corrected chi connectivity index (χ2v) is 7.66. The molecular formula is C24H29N3O3. The van der Waals surface area contributed by atoms with Crippen LogP contribution in [-0.2, 0) is 4.79 Å². The van der Waals surface area contributed by atoms with E-state index >= 15 is 0 Å². The molecule has 158 valence electrons. The molecule has 0 radical (unpaired) electrons. The molecule has 0 saturated carbocycles. The zero-order valence-corrected chi connectivity index (χ0v) is 18.3. The number of nitrogens with zero attached hydrogens (tertiary/aromatic N) is 3. The van der Waals surface area contributed by atoms with Crippen molar-refractivity contribution in [3.8, 4) is 11.4 Å². The molecule has 0 spiro atoms. The maximum atomic E-state index is 13.6. The fourth-order valence-corrected chi connectivity index (χ4v) is 3.68. The molecule has 0 aliphatic rings. The SMILES string of the molecule is CCCN(C(=O)C(C)C)C(C)c1nc2ccccc2c(=O)n1-c1ccccc1OC. The number of aromatic nitrogens is 2. The summed E-state index contributed by atoms with van der Waals surface area (Å²) >= 11 is 0. The summed E-state index contributed by atoms with van der Waals surface area (Å²) in [6, 6.07) is 14.3. The maximum absolute atomic E-state index is 13.6. The highest BCUT2D eigenvalue weighted by Gasteiger charge is 2.28. The third-order valence-corrected chi connectivity index (χ3v) is 5.21. The number of hydrogen-bond donors (Lipinski definition) is 0. The molecule has 0 fully saturated rings. The van der Waals surface area contributed by atoms with Crippen molar-refractivity contribution in [2.24, 2.45) is 5.92 Å². The van der Waals surface area contributed by atoms with E-state index in [2.05, 4.69) is 0 Å². The largest absolute Gasteiger partial charge is 0.495 e. The van der Waals surface area contributed by atoms with E-state index in [9.17, 15) is 9.59 Å². The maximum Gasteiger partial charge on any atom is 0.266 e. The third kappa shape index (κ3) is 3.95. The number of carbonyl (C=O) groups is 1. The molecule has 30 heavy (non-hydrogen) atoms. The van der Waals surface area contributed by atoms with E-state index in [1.165, 1.54) is 0 Å². The van der Waals surface area contributed by atoms with Gasteiger partial charge in [0.2, 0.25) is 5.91 Å². The molecule has 1 amide bonds. The van der Waals surface area contributed by atoms with E-state index in [4.69, 9.17) is 9.72 Å². The molecule has 3 rings (SSSR count). The summed E-state index contributed by atoms with van der Waals surface area (Å²) < 4.78 is 7.11. The van der Waals surface area contributed by atoms with E-state index in [-0.39, 0.29) is 23.4 Å². The number of ether oxygens (including phenoxy) is 1. The van der Waals surface area contributed by atoms with Crippen molar-refractivity contribution in [2.45, 2.75) is 40.2 Å². The fourth-order valence-electron chi connectivity index (χ4n) is 3.68. The minimum atomic E-state index is -0.387. The Balaban J connectivity index is 2.32. The number of rotatable bonds is 7. The first kappa shape index (κ1) is 21.6. The van der Waals surface area contributed by atoms with Crippen molar-refractivity contribution in [2.75, 3.05) is 13.7 Å². The fraction of sp³-hybridized carbons (Fsp3) is 0.375. The first-order valence-electron chi connectivity index (χ1n) is 10.4. The Morgan fingerprint density at radius 1 is 1.10 bits per heavy atom. The van der Waals surface area contributed by atoms with Gasteiger partial charge in [-0.3, -0.25) is 14.2 Å². The van der Waals surface area contributed by atoms with Gasteiger partial charge in [0.25, 0.3) is 5.56 Å². The van der Waals surface area contributed by atoms with Gasteiger partial charge in [0.1, 0.15) is 11.6 Å². The Labute approximate surface area is 177 Å². The standard InChI is InChI=1S/C24H29N3O3/c1-6-15-26(23(28)16(2)3)17(4)22-25-19-12-8-7-11-18(19)24(29)27(22)20-13-9-10-14-21(20)30-5/h7-14,16-17H,6,15H2,1-5H3. The summed E-state index contributed by atoms with van der Waals surface area (Å²) in [4.78, 5) is 33.2. The van der Waals surface area contributed by atoms with Crippen LogP contribution in [0.4, 0.5) is 0 Å². The number of amides is 1. The van der Waals surface area contributed by atoms with Crippen molar-refractivity contribution in [1.29, 1.82) is 0 Å². The number of hydrogen-bond acceptors (Lipinski definition) is 4. The molecule has 0 N–H and O–H groups in total.